The van der Waals surface area contributed by atoms with Crippen molar-refractivity contribution in [2.75, 3.05) is 6.61 Å². The number of hydrogen-bond donors (Lipinski definition) is 1. The Morgan fingerprint density at radius 2 is 1.86 bits per heavy atom. The van der Waals surface area contributed by atoms with Gasteiger partial charge in [0.2, 0.25) is 5.91 Å². The van der Waals surface area contributed by atoms with E-state index < -0.39 is 0 Å². The summed E-state index contributed by atoms with van der Waals surface area (Å²) in [5.41, 5.74) is 4.27. The fourth-order valence-electron chi connectivity index (χ4n) is 1.82. The van der Waals surface area contributed by atoms with Crippen molar-refractivity contribution >= 4 is 23.7 Å². The molecule has 2 aromatic rings. The molecule has 0 saturated heterocycles. The van der Waals surface area contributed by atoms with Gasteiger partial charge in [-0.05, 0) is 54.4 Å². The van der Waals surface area contributed by atoms with E-state index in [1.54, 1.807) is 18.3 Å². The number of halogens is 1. The lowest BCUT2D eigenvalue weighted by Gasteiger charge is -2.02. The summed E-state index contributed by atoms with van der Waals surface area (Å²) in [6.45, 7) is 2.57. The summed E-state index contributed by atoms with van der Waals surface area (Å²) in [6.07, 6.45) is 1.85. The number of amides is 1. The molecule has 0 bridgehead atoms. The molecule has 0 atom stereocenters. The van der Waals surface area contributed by atoms with Crippen LogP contribution >= 0.6 is 11.6 Å². The van der Waals surface area contributed by atoms with E-state index in [1.165, 1.54) is 0 Å². The maximum absolute atomic E-state index is 11.7. The molecule has 0 aromatic heterocycles. The molecule has 0 radical (unpaired) electrons. The van der Waals surface area contributed by atoms with Crippen molar-refractivity contribution in [2.45, 2.75) is 13.3 Å². The Balaban J connectivity index is 1.83. The normalized spacial score (nSPS) is 10.6. The standard InChI is InChI=1S/C17H17ClN2O2/c1-2-22-16-9-5-14(6-10-16)12-19-20-17(21)11-13-3-7-15(18)8-4-13/h3-10,12H,2,11H2,1H3,(H,20,21). The van der Waals surface area contributed by atoms with Crippen molar-refractivity contribution in [3.63, 3.8) is 0 Å². The third kappa shape index (κ3) is 5.22. The van der Waals surface area contributed by atoms with Gasteiger partial charge in [0.05, 0.1) is 19.2 Å². The maximum Gasteiger partial charge on any atom is 0.244 e. The van der Waals surface area contributed by atoms with E-state index in [2.05, 4.69) is 10.5 Å². The fraction of sp³-hybridized carbons (Fsp3) is 0.176. The first kappa shape index (κ1) is 16.0. The minimum Gasteiger partial charge on any atom is -0.494 e. The van der Waals surface area contributed by atoms with Gasteiger partial charge in [-0.2, -0.15) is 5.10 Å². The zero-order valence-corrected chi connectivity index (χ0v) is 13.0. The zero-order valence-electron chi connectivity index (χ0n) is 12.3. The topological polar surface area (TPSA) is 50.7 Å². The molecule has 0 spiro atoms. The Bertz CT molecular complexity index is 637. The van der Waals surface area contributed by atoms with Gasteiger partial charge in [0, 0.05) is 5.02 Å². The molecule has 0 heterocycles. The van der Waals surface area contributed by atoms with Crippen molar-refractivity contribution in [3.8, 4) is 5.75 Å². The van der Waals surface area contributed by atoms with Crippen LogP contribution in [0.4, 0.5) is 0 Å². The van der Waals surface area contributed by atoms with E-state index in [4.69, 9.17) is 16.3 Å². The summed E-state index contributed by atoms with van der Waals surface area (Å²) in [6, 6.07) is 14.6. The summed E-state index contributed by atoms with van der Waals surface area (Å²) < 4.78 is 5.35. The molecule has 5 heteroatoms. The Morgan fingerprint density at radius 1 is 1.18 bits per heavy atom. The predicted octanol–water partition coefficient (Wildman–Crippen LogP) is 3.43. The lowest BCUT2D eigenvalue weighted by Crippen LogP contribution is -2.19. The first-order chi connectivity index (χ1) is 10.7. The molecule has 0 fully saturated rings. The van der Waals surface area contributed by atoms with Gasteiger partial charge < -0.3 is 4.74 Å². The second-order valence-corrected chi connectivity index (χ2v) is 5.03. The highest BCUT2D eigenvalue weighted by atomic mass is 35.5. The van der Waals surface area contributed by atoms with Gasteiger partial charge in [-0.1, -0.05) is 23.7 Å². The number of ether oxygens (including phenoxy) is 1. The molecular formula is C17H17ClN2O2. The average Bonchev–Trinajstić information content (AvgIpc) is 2.52. The highest BCUT2D eigenvalue weighted by Gasteiger charge is 2.01. The van der Waals surface area contributed by atoms with Gasteiger partial charge in [0.15, 0.2) is 0 Å². The first-order valence-corrected chi connectivity index (χ1v) is 7.34. The van der Waals surface area contributed by atoms with Crippen LogP contribution in [0.25, 0.3) is 0 Å². The lowest BCUT2D eigenvalue weighted by molar-refractivity contribution is -0.120. The van der Waals surface area contributed by atoms with Crippen LogP contribution in [0.1, 0.15) is 18.1 Å². The number of nitrogens with one attached hydrogen (secondary N) is 1. The van der Waals surface area contributed by atoms with Crippen LogP contribution in [0.3, 0.4) is 0 Å². The van der Waals surface area contributed by atoms with Crippen LogP contribution < -0.4 is 10.2 Å². The predicted molar refractivity (Wildman–Crippen MR) is 88.5 cm³/mol. The van der Waals surface area contributed by atoms with E-state index in [9.17, 15) is 4.79 Å². The third-order valence-electron chi connectivity index (χ3n) is 2.87. The monoisotopic (exact) mass is 316 g/mol. The van der Waals surface area contributed by atoms with Crippen molar-refractivity contribution < 1.29 is 9.53 Å². The molecule has 114 valence electrons. The van der Waals surface area contributed by atoms with Crippen LogP contribution in [0, 0.1) is 0 Å². The number of hydrogen-bond acceptors (Lipinski definition) is 3. The molecule has 4 nitrogen and oxygen atoms in total. The fourth-order valence-corrected chi connectivity index (χ4v) is 1.95. The highest BCUT2D eigenvalue weighted by molar-refractivity contribution is 6.30. The second-order valence-electron chi connectivity index (χ2n) is 4.60. The molecule has 2 aromatic carbocycles. The number of nitrogens with zero attached hydrogens (tertiary/aromatic N) is 1. The molecular weight excluding hydrogens is 300 g/mol. The molecule has 0 unspecified atom stereocenters. The van der Waals surface area contributed by atoms with Crippen molar-refractivity contribution in [3.05, 3.63) is 64.7 Å². The van der Waals surface area contributed by atoms with Gasteiger partial charge in [-0.25, -0.2) is 5.43 Å². The number of carbonyl (C=O) groups is 1. The smallest absolute Gasteiger partial charge is 0.244 e. The van der Waals surface area contributed by atoms with Crippen LogP contribution in [-0.4, -0.2) is 18.7 Å². The first-order valence-electron chi connectivity index (χ1n) is 6.96. The molecule has 2 rings (SSSR count). The van der Waals surface area contributed by atoms with Crippen molar-refractivity contribution in [1.82, 2.24) is 5.43 Å². The molecule has 0 aliphatic heterocycles. The number of rotatable bonds is 6. The van der Waals surface area contributed by atoms with Gasteiger partial charge >= 0.3 is 0 Å². The summed E-state index contributed by atoms with van der Waals surface area (Å²) in [7, 11) is 0. The molecule has 0 saturated carbocycles. The summed E-state index contributed by atoms with van der Waals surface area (Å²) in [5, 5.41) is 4.59. The summed E-state index contributed by atoms with van der Waals surface area (Å²) >= 11 is 5.80. The van der Waals surface area contributed by atoms with Crippen LogP contribution in [0.5, 0.6) is 5.75 Å². The van der Waals surface area contributed by atoms with Gasteiger partial charge in [0.25, 0.3) is 0 Å². The Kier molecular flexibility index (Phi) is 5.98. The molecule has 22 heavy (non-hydrogen) atoms. The Morgan fingerprint density at radius 3 is 2.50 bits per heavy atom. The molecule has 1 amide bonds. The highest BCUT2D eigenvalue weighted by Crippen LogP contribution is 2.11. The zero-order chi connectivity index (χ0) is 15.8. The lowest BCUT2D eigenvalue weighted by atomic mass is 10.1. The minimum absolute atomic E-state index is 0.176. The SMILES string of the molecule is CCOc1ccc(C=NNC(=O)Cc2ccc(Cl)cc2)cc1. The van der Waals surface area contributed by atoms with Gasteiger partial charge in [-0.15, -0.1) is 0 Å². The molecule has 0 aliphatic rings. The van der Waals surface area contributed by atoms with Crippen LogP contribution in [0.15, 0.2) is 53.6 Å². The average molecular weight is 317 g/mol. The Hall–Kier alpha value is -2.33. The van der Waals surface area contributed by atoms with Crippen LogP contribution in [-0.2, 0) is 11.2 Å². The largest absolute Gasteiger partial charge is 0.494 e. The van der Waals surface area contributed by atoms with E-state index >= 15 is 0 Å². The summed E-state index contributed by atoms with van der Waals surface area (Å²) in [4.78, 5) is 11.7. The molecule has 0 aliphatic carbocycles. The van der Waals surface area contributed by atoms with Gasteiger partial charge in [0.1, 0.15) is 5.75 Å². The minimum atomic E-state index is -0.176. The molecule has 1 N–H and O–H groups in total. The van der Waals surface area contributed by atoms with Crippen molar-refractivity contribution in [2.24, 2.45) is 5.10 Å². The van der Waals surface area contributed by atoms with E-state index in [0.717, 1.165) is 16.9 Å². The van der Waals surface area contributed by atoms with E-state index in [1.807, 2.05) is 43.3 Å². The number of hydrazone groups is 1. The van der Waals surface area contributed by atoms with Crippen molar-refractivity contribution in [1.29, 1.82) is 0 Å². The maximum atomic E-state index is 11.7. The summed E-state index contributed by atoms with van der Waals surface area (Å²) in [5.74, 6) is 0.635. The Labute approximate surface area is 134 Å². The number of benzene rings is 2. The third-order valence-corrected chi connectivity index (χ3v) is 3.12. The van der Waals surface area contributed by atoms with E-state index in [0.29, 0.717) is 11.6 Å². The quantitative estimate of drug-likeness (QED) is 0.655. The van der Waals surface area contributed by atoms with Gasteiger partial charge in [-0.3, -0.25) is 4.79 Å². The van der Waals surface area contributed by atoms with Crippen LogP contribution in [0.2, 0.25) is 5.02 Å². The van der Waals surface area contributed by atoms with E-state index in [-0.39, 0.29) is 12.3 Å². The number of carbonyl (C=O) groups excluding carboxylic acids is 1. The second kappa shape index (κ2) is 8.20.